The molecule has 1 aromatic carbocycles. The molecule has 2 N–H and O–H groups in total. The normalized spacial score (nSPS) is 13.7. The zero-order valence-corrected chi connectivity index (χ0v) is 8.21. The first kappa shape index (κ1) is 11.8. The van der Waals surface area contributed by atoms with Gasteiger partial charge in [0.05, 0.1) is 0 Å². The Balaban J connectivity index is 2.80. The summed E-state index contributed by atoms with van der Waals surface area (Å²) < 4.78 is 41.8. The van der Waals surface area contributed by atoms with Gasteiger partial charge in [-0.15, -0.1) is 0 Å². The average molecular weight is 219 g/mol. The SMILES string of the molecule is Cc1ccccc1OC(CN)C(F)(F)F. The van der Waals surface area contributed by atoms with E-state index in [1.807, 2.05) is 0 Å². The highest BCUT2D eigenvalue weighted by Gasteiger charge is 2.40. The molecular formula is C10H12F3NO. The second-order valence-corrected chi connectivity index (χ2v) is 3.15. The van der Waals surface area contributed by atoms with Crippen molar-refractivity contribution in [3.63, 3.8) is 0 Å². The van der Waals surface area contributed by atoms with E-state index in [4.69, 9.17) is 10.5 Å². The van der Waals surface area contributed by atoms with Gasteiger partial charge in [-0.2, -0.15) is 13.2 Å². The smallest absolute Gasteiger partial charge is 0.426 e. The molecule has 0 saturated heterocycles. The van der Waals surface area contributed by atoms with Gasteiger partial charge in [0, 0.05) is 6.54 Å². The molecule has 0 aliphatic rings. The molecular weight excluding hydrogens is 207 g/mol. The Kier molecular flexibility index (Phi) is 3.57. The summed E-state index contributed by atoms with van der Waals surface area (Å²) in [6.45, 7) is 1.09. The molecule has 1 unspecified atom stereocenters. The number of rotatable bonds is 3. The quantitative estimate of drug-likeness (QED) is 0.846. The van der Waals surface area contributed by atoms with Crippen molar-refractivity contribution in [2.45, 2.75) is 19.2 Å². The summed E-state index contributed by atoms with van der Waals surface area (Å²) in [5.41, 5.74) is 5.66. The van der Waals surface area contributed by atoms with Crippen LogP contribution in [0.3, 0.4) is 0 Å². The highest BCUT2D eigenvalue weighted by molar-refractivity contribution is 5.32. The van der Waals surface area contributed by atoms with E-state index in [1.165, 1.54) is 6.07 Å². The summed E-state index contributed by atoms with van der Waals surface area (Å²) in [4.78, 5) is 0. The standard InChI is InChI=1S/C10H12F3NO/c1-7-4-2-3-5-8(7)15-9(6-14)10(11,12)13/h2-5,9H,6,14H2,1H3. The first-order valence-electron chi connectivity index (χ1n) is 4.44. The molecule has 0 aromatic heterocycles. The zero-order valence-electron chi connectivity index (χ0n) is 8.21. The van der Waals surface area contributed by atoms with Crippen LogP contribution in [0.25, 0.3) is 0 Å². The molecule has 5 heteroatoms. The highest BCUT2D eigenvalue weighted by atomic mass is 19.4. The summed E-state index contributed by atoms with van der Waals surface area (Å²) in [5.74, 6) is 0.213. The minimum atomic E-state index is -4.43. The predicted octanol–water partition coefficient (Wildman–Crippen LogP) is 2.26. The average Bonchev–Trinajstić information content (AvgIpc) is 2.14. The van der Waals surface area contributed by atoms with Gasteiger partial charge in [-0.3, -0.25) is 0 Å². The zero-order chi connectivity index (χ0) is 11.5. The molecule has 1 atom stereocenters. The van der Waals surface area contributed by atoms with Crippen LogP contribution in [-0.2, 0) is 0 Å². The second kappa shape index (κ2) is 4.53. The van der Waals surface area contributed by atoms with Crippen LogP contribution in [0.1, 0.15) is 5.56 Å². The van der Waals surface area contributed by atoms with Crippen LogP contribution in [0.15, 0.2) is 24.3 Å². The number of hydrogen-bond acceptors (Lipinski definition) is 2. The van der Waals surface area contributed by atoms with Crippen molar-refractivity contribution in [3.05, 3.63) is 29.8 Å². The Morgan fingerprint density at radius 2 is 1.93 bits per heavy atom. The van der Waals surface area contributed by atoms with Crippen molar-refractivity contribution in [1.82, 2.24) is 0 Å². The molecule has 2 nitrogen and oxygen atoms in total. The molecule has 0 saturated carbocycles. The number of benzene rings is 1. The lowest BCUT2D eigenvalue weighted by atomic mass is 10.2. The van der Waals surface area contributed by atoms with E-state index in [2.05, 4.69) is 0 Å². The summed E-state index contributed by atoms with van der Waals surface area (Å²) in [7, 11) is 0. The maximum atomic E-state index is 12.3. The van der Waals surface area contributed by atoms with Gasteiger partial charge in [0.2, 0.25) is 6.10 Å². The maximum Gasteiger partial charge on any atom is 0.426 e. The molecule has 0 radical (unpaired) electrons. The van der Waals surface area contributed by atoms with Crippen molar-refractivity contribution >= 4 is 0 Å². The van der Waals surface area contributed by atoms with E-state index in [-0.39, 0.29) is 5.75 Å². The van der Waals surface area contributed by atoms with Crippen LogP contribution < -0.4 is 10.5 Å². The number of ether oxygens (including phenoxy) is 1. The Bertz CT molecular complexity index is 325. The van der Waals surface area contributed by atoms with Crippen LogP contribution in [0, 0.1) is 6.92 Å². The van der Waals surface area contributed by atoms with Gasteiger partial charge >= 0.3 is 6.18 Å². The fraction of sp³-hybridized carbons (Fsp3) is 0.400. The number of halogens is 3. The van der Waals surface area contributed by atoms with Crippen LogP contribution in [0.5, 0.6) is 5.75 Å². The van der Waals surface area contributed by atoms with Crippen LogP contribution >= 0.6 is 0 Å². The van der Waals surface area contributed by atoms with Gasteiger partial charge < -0.3 is 10.5 Å². The summed E-state index contributed by atoms with van der Waals surface area (Å²) in [6, 6.07) is 6.52. The Hall–Kier alpha value is -1.23. The summed E-state index contributed by atoms with van der Waals surface area (Å²) in [5, 5.41) is 0. The molecule has 0 aliphatic heterocycles. The van der Waals surface area contributed by atoms with Crippen LogP contribution in [0.4, 0.5) is 13.2 Å². The fourth-order valence-corrected chi connectivity index (χ4v) is 1.09. The monoisotopic (exact) mass is 219 g/mol. The van der Waals surface area contributed by atoms with Crippen molar-refractivity contribution in [2.75, 3.05) is 6.54 Å². The lowest BCUT2D eigenvalue weighted by molar-refractivity contribution is -0.191. The van der Waals surface area contributed by atoms with Gasteiger partial charge in [0.25, 0.3) is 0 Å². The number of alkyl halides is 3. The highest BCUT2D eigenvalue weighted by Crippen LogP contribution is 2.26. The number of hydrogen-bond donors (Lipinski definition) is 1. The molecule has 0 bridgehead atoms. The van der Waals surface area contributed by atoms with Crippen molar-refractivity contribution in [2.24, 2.45) is 5.73 Å². The van der Waals surface area contributed by atoms with Gasteiger partial charge in [-0.1, -0.05) is 18.2 Å². The lowest BCUT2D eigenvalue weighted by Gasteiger charge is -2.21. The topological polar surface area (TPSA) is 35.2 Å². The van der Waals surface area contributed by atoms with Crippen LogP contribution in [-0.4, -0.2) is 18.8 Å². The molecule has 0 heterocycles. The first-order chi connectivity index (χ1) is 6.95. The Morgan fingerprint density at radius 3 is 2.40 bits per heavy atom. The molecule has 15 heavy (non-hydrogen) atoms. The van der Waals surface area contributed by atoms with Crippen molar-refractivity contribution in [3.8, 4) is 5.75 Å². The van der Waals surface area contributed by atoms with Crippen molar-refractivity contribution in [1.29, 1.82) is 0 Å². The molecule has 84 valence electrons. The third kappa shape index (κ3) is 3.13. The molecule has 0 amide bonds. The van der Waals surface area contributed by atoms with E-state index < -0.39 is 18.8 Å². The largest absolute Gasteiger partial charge is 0.479 e. The van der Waals surface area contributed by atoms with Gasteiger partial charge in [0.1, 0.15) is 5.75 Å². The lowest BCUT2D eigenvalue weighted by Crippen LogP contribution is -2.40. The number of nitrogens with two attached hydrogens (primary N) is 1. The number of para-hydroxylation sites is 1. The van der Waals surface area contributed by atoms with E-state index in [0.29, 0.717) is 5.56 Å². The van der Waals surface area contributed by atoms with Gasteiger partial charge in [-0.25, -0.2) is 0 Å². The summed E-state index contributed by atoms with van der Waals surface area (Å²) in [6.07, 6.45) is -6.38. The maximum absolute atomic E-state index is 12.3. The van der Waals surface area contributed by atoms with Crippen molar-refractivity contribution < 1.29 is 17.9 Å². The minimum absolute atomic E-state index is 0.213. The minimum Gasteiger partial charge on any atom is -0.479 e. The molecule has 1 rings (SSSR count). The Morgan fingerprint density at radius 1 is 1.33 bits per heavy atom. The van der Waals surface area contributed by atoms with E-state index in [1.54, 1.807) is 25.1 Å². The van der Waals surface area contributed by atoms with Gasteiger partial charge in [-0.05, 0) is 18.6 Å². The fourth-order valence-electron chi connectivity index (χ4n) is 1.09. The van der Waals surface area contributed by atoms with E-state index in [0.717, 1.165) is 0 Å². The Labute approximate surface area is 85.8 Å². The molecule has 0 aliphatic carbocycles. The van der Waals surface area contributed by atoms with Crippen LogP contribution in [0.2, 0.25) is 0 Å². The second-order valence-electron chi connectivity index (χ2n) is 3.15. The van der Waals surface area contributed by atoms with Gasteiger partial charge in [0.15, 0.2) is 0 Å². The molecule has 1 aromatic rings. The third-order valence-electron chi connectivity index (χ3n) is 1.94. The predicted molar refractivity (Wildman–Crippen MR) is 50.7 cm³/mol. The van der Waals surface area contributed by atoms with E-state index >= 15 is 0 Å². The summed E-state index contributed by atoms with van der Waals surface area (Å²) >= 11 is 0. The van der Waals surface area contributed by atoms with E-state index in [9.17, 15) is 13.2 Å². The first-order valence-corrected chi connectivity index (χ1v) is 4.44. The third-order valence-corrected chi connectivity index (χ3v) is 1.94. The number of aryl methyl sites for hydroxylation is 1. The molecule has 0 spiro atoms. The molecule has 0 fully saturated rings.